The Morgan fingerprint density at radius 2 is 2.17 bits per heavy atom. The number of aliphatic hydroxyl groups excluding tert-OH is 1. The first-order chi connectivity index (χ1) is 14.1. The maximum absolute atomic E-state index is 14.6. The molecule has 0 fully saturated rings. The van der Waals surface area contributed by atoms with Gasteiger partial charge in [-0.25, -0.2) is 4.39 Å². The molecule has 0 radical (unpaired) electrons. The molecule has 0 bridgehead atoms. The van der Waals surface area contributed by atoms with Gasteiger partial charge in [0.1, 0.15) is 11.9 Å². The molecule has 3 aromatic rings. The van der Waals surface area contributed by atoms with E-state index >= 15 is 0 Å². The fraction of sp³-hybridized carbons (Fsp3) is 0.261. The Morgan fingerprint density at radius 1 is 1.31 bits per heavy atom. The molecule has 1 unspecified atom stereocenters. The lowest BCUT2D eigenvalue weighted by Crippen LogP contribution is -2.11. The zero-order chi connectivity index (χ0) is 20.4. The van der Waals surface area contributed by atoms with Gasteiger partial charge in [-0.05, 0) is 55.5 Å². The third-order valence-electron chi connectivity index (χ3n) is 5.38. The molecule has 5 nitrogen and oxygen atoms in total. The van der Waals surface area contributed by atoms with Crippen LogP contribution in [0.25, 0.3) is 16.5 Å². The smallest absolute Gasteiger partial charge is 0.146 e. The normalized spacial score (nSPS) is 17.4. The number of anilines is 1. The largest absolute Gasteiger partial charge is 0.393 e. The molecule has 4 rings (SSSR count). The zero-order valence-corrected chi connectivity index (χ0v) is 16.1. The van der Waals surface area contributed by atoms with Crippen LogP contribution in [0.5, 0.6) is 0 Å². The summed E-state index contributed by atoms with van der Waals surface area (Å²) in [7, 11) is 0. The summed E-state index contributed by atoms with van der Waals surface area (Å²) in [4.78, 5) is 0. The predicted octanol–water partition coefficient (Wildman–Crippen LogP) is 4.74. The molecule has 29 heavy (non-hydrogen) atoms. The van der Waals surface area contributed by atoms with Crippen LogP contribution in [-0.2, 0) is 0 Å². The molecule has 1 aliphatic carbocycles. The van der Waals surface area contributed by atoms with E-state index in [1.165, 1.54) is 11.6 Å². The van der Waals surface area contributed by atoms with Crippen molar-refractivity contribution in [2.45, 2.75) is 38.3 Å². The number of nitriles is 1. The van der Waals surface area contributed by atoms with Crippen LogP contribution in [0.3, 0.4) is 0 Å². The Bertz CT molecular complexity index is 1140. The topological polar surface area (TPSA) is 81.8 Å². The van der Waals surface area contributed by atoms with Gasteiger partial charge in [0.2, 0.25) is 0 Å². The number of hydrogen-bond donors (Lipinski definition) is 2. The maximum Gasteiger partial charge on any atom is 0.146 e. The molecular formula is C23H21FN4O. The first-order valence-electron chi connectivity index (χ1n) is 9.64. The van der Waals surface area contributed by atoms with Crippen molar-refractivity contribution in [3.63, 3.8) is 0 Å². The average molecular weight is 388 g/mol. The summed E-state index contributed by atoms with van der Waals surface area (Å²) in [6, 6.07) is 12.4. The van der Waals surface area contributed by atoms with Crippen LogP contribution in [0.1, 0.15) is 48.9 Å². The summed E-state index contributed by atoms with van der Waals surface area (Å²) in [5, 5.41) is 31.3. The lowest BCUT2D eigenvalue weighted by molar-refractivity contribution is 0.166. The van der Waals surface area contributed by atoms with Crippen molar-refractivity contribution in [2.75, 3.05) is 5.32 Å². The monoisotopic (exact) mass is 388 g/mol. The van der Waals surface area contributed by atoms with Crippen LogP contribution in [0, 0.1) is 17.1 Å². The molecule has 1 aliphatic rings. The maximum atomic E-state index is 14.6. The number of rotatable bonds is 4. The van der Waals surface area contributed by atoms with E-state index < -0.39 is 5.82 Å². The molecule has 6 heteroatoms. The third kappa shape index (κ3) is 3.82. The SMILES string of the molecule is C[C@@H](Nc1cnnc2ccc(C3=CCC(O)CC3)cc12)c1cccc(C#N)c1F. The number of hydrogen-bond acceptors (Lipinski definition) is 5. The number of nitrogens with zero attached hydrogens (tertiary/aromatic N) is 3. The van der Waals surface area contributed by atoms with Crippen LogP contribution in [0.4, 0.5) is 10.1 Å². The average Bonchev–Trinajstić information content (AvgIpc) is 2.74. The second-order valence-corrected chi connectivity index (χ2v) is 7.33. The minimum atomic E-state index is -0.507. The summed E-state index contributed by atoms with van der Waals surface area (Å²) in [6.07, 6.45) is 5.71. The van der Waals surface area contributed by atoms with Gasteiger partial charge in [-0.15, -0.1) is 0 Å². The second-order valence-electron chi connectivity index (χ2n) is 7.33. The molecule has 0 aliphatic heterocycles. The van der Waals surface area contributed by atoms with E-state index in [0.29, 0.717) is 12.0 Å². The van der Waals surface area contributed by atoms with Crippen molar-refractivity contribution >= 4 is 22.2 Å². The molecule has 0 saturated heterocycles. The zero-order valence-electron chi connectivity index (χ0n) is 16.1. The minimum absolute atomic E-state index is 0.0302. The van der Waals surface area contributed by atoms with Crippen LogP contribution in [0.15, 0.2) is 48.7 Å². The Balaban J connectivity index is 1.69. The highest BCUT2D eigenvalue weighted by Crippen LogP contribution is 2.32. The standard InChI is InChI=1S/C23H21FN4O/c1-14(19-4-2-3-17(12-25)23(19)24)27-22-13-26-28-21-10-7-16(11-20(21)22)15-5-8-18(29)9-6-15/h2-5,7,10-11,13-14,18,29H,6,8-9H2,1H3,(H,27,28)/t14-,18?/m1/s1. The highest BCUT2D eigenvalue weighted by molar-refractivity contribution is 5.93. The molecule has 2 N–H and O–H groups in total. The molecule has 0 spiro atoms. The molecule has 2 aromatic carbocycles. The highest BCUT2D eigenvalue weighted by Gasteiger charge is 2.17. The van der Waals surface area contributed by atoms with Gasteiger partial charge in [-0.3, -0.25) is 0 Å². The van der Waals surface area contributed by atoms with Crippen LogP contribution >= 0.6 is 0 Å². The molecule has 0 saturated carbocycles. The molecular weight excluding hydrogens is 367 g/mol. The summed E-state index contributed by atoms with van der Waals surface area (Å²) in [5.41, 5.74) is 4.25. The quantitative estimate of drug-likeness (QED) is 0.674. The van der Waals surface area contributed by atoms with E-state index in [0.717, 1.165) is 35.0 Å². The number of aliphatic hydroxyl groups is 1. The molecule has 1 aromatic heterocycles. The molecule has 146 valence electrons. The van der Waals surface area contributed by atoms with Crippen molar-refractivity contribution in [1.82, 2.24) is 10.2 Å². The number of benzene rings is 2. The predicted molar refractivity (Wildman–Crippen MR) is 111 cm³/mol. The van der Waals surface area contributed by atoms with Gasteiger partial charge >= 0.3 is 0 Å². The number of halogens is 1. The van der Waals surface area contributed by atoms with Crippen molar-refractivity contribution < 1.29 is 9.50 Å². The number of nitrogens with one attached hydrogen (secondary N) is 1. The third-order valence-corrected chi connectivity index (χ3v) is 5.38. The summed E-state index contributed by atoms with van der Waals surface area (Å²) >= 11 is 0. The highest BCUT2D eigenvalue weighted by atomic mass is 19.1. The Labute approximate surface area is 168 Å². The lowest BCUT2D eigenvalue weighted by Gasteiger charge is -2.20. The fourth-order valence-corrected chi connectivity index (χ4v) is 3.74. The Morgan fingerprint density at radius 3 is 2.93 bits per heavy atom. The van der Waals surface area contributed by atoms with Crippen molar-refractivity contribution in [2.24, 2.45) is 0 Å². The van der Waals surface area contributed by atoms with Gasteiger partial charge < -0.3 is 10.4 Å². The van der Waals surface area contributed by atoms with Gasteiger partial charge in [0.25, 0.3) is 0 Å². The summed E-state index contributed by atoms with van der Waals surface area (Å²) < 4.78 is 14.6. The van der Waals surface area contributed by atoms with Crippen molar-refractivity contribution in [3.8, 4) is 6.07 Å². The second kappa shape index (κ2) is 7.98. The van der Waals surface area contributed by atoms with Gasteiger partial charge in [-0.1, -0.05) is 24.3 Å². The number of fused-ring (bicyclic) bond motifs is 1. The van der Waals surface area contributed by atoms with E-state index in [-0.39, 0.29) is 17.7 Å². The molecule has 0 amide bonds. The van der Waals surface area contributed by atoms with E-state index in [2.05, 4.69) is 27.7 Å². The number of aromatic nitrogens is 2. The van der Waals surface area contributed by atoms with Gasteiger partial charge in [-0.2, -0.15) is 15.5 Å². The van der Waals surface area contributed by atoms with Crippen molar-refractivity contribution in [1.29, 1.82) is 5.26 Å². The first kappa shape index (κ1) is 19.0. The first-order valence-corrected chi connectivity index (χ1v) is 9.64. The molecule has 1 heterocycles. The van der Waals surface area contributed by atoms with E-state index in [1.807, 2.05) is 25.1 Å². The Hall–Kier alpha value is -3.30. The van der Waals surface area contributed by atoms with E-state index in [4.69, 9.17) is 5.26 Å². The fourth-order valence-electron chi connectivity index (χ4n) is 3.74. The van der Waals surface area contributed by atoms with Crippen LogP contribution < -0.4 is 5.32 Å². The lowest BCUT2D eigenvalue weighted by atomic mass is 9.91. The molecule has 2 atom stereocenters. The Kier molecular flexibility index (Phi) is 5.24. The minimum Gasteiger partial charge on any atom is -0.393 e. The number of allylic oxidation sites excluding steroid dienone is 1. The van der Waals surface area contributed by atoms with E-state index in [9.17, 15) is 9.50 Å². The van der Waals surface area contributed by atoms with Gasteiger partial charge in [0.05, 0.1) is 35.1 Å². The van der Waals surface area contributed by atoms with Crippen molar-refractivity contribution in [3.05, 3.63) is 71.2 Å². The van der Waals surface area contributed by atoms with Gasteiger partial charge in [0, 0.05) is 10.9 Å². The van der Waals surface area contributed by atoms with Crippen LogP contribution in [-0.4, -0.2) is 21.4 Å². The summed E-state index contributed by atoms with van der Waals surface area (Å²) in [6.45, 7) is 1.85. The van der Waals surface area contributed by atoms with Gasteiger partial charge in [0.15, 0.2) is 0 Å². The van der Waals surface area contributed by atoms with Crippen LogP contribution in [0.2, 0.25) is 0 Å². The summed E-state index contributed by atoms with van der Waals surface area (Å²) in [5.74, 6) is -0.507. The van der Waals surface area contributed by atoms with E-state index in [1.54, 1.807) is 18.3 Å².